The second kappa shape index (κ2) is 16.7. The molecular formula is C35H42N6O7S. The normalized spacial score (nSPS) is 23.0. The molecular weight excluding hydrogens is 648 g/mol. The van der Waals surface area contributed by atoms with Gasteiger partial charge in [0.05, 0.1) is 18.8 Å². The molecule has 3 aliphatic rings. The first kappa shape index (κ1) is 35.7. The molecule has 3 aromatic rings. The molecule has 1 saturated heterocycles. The number of hydrogen-bond acceptors (Lipinski definition) is 8. The van der Waals surface area contributed by atoms with Crippen molar-refractivity contribution in [3.63, 3.8) is 0 Å². The highest BCUT2D eigenvalue weighted by molar-refractivity contribution is 7.88. The summed E-state index contributed by atoms with van der Waals surface area (Å²) >= 11 is 0. The standard InChI is InChI=1S/C35H42N6O7S/c42-32-22-40-12-14-41(15-13-40)23-33(43)37-21-29-11-5-9-27(17-29)19-31(35(45)46)38-34(44)30(18-26-8-4-10-28(16-26)20-36-32)39-49(47,48)24-25-6-2-1-3-7-25/h1-11,16-17,30-31,39H,12-15,18-24H2,(H,36,42)(H,37,43)(H,38,44)(H,45,46)/t30?,31-/m0/s1. The number of carbonyl (C=O) groups is 4. The first-order chi connectivity index (χ1) is 23.5. The molecule has 5 N–H and O–H groups in total. The minimum Gasteiger partial charge on any atom is -0.480 e. The maximum absolute atomic E-state index is 13.7. The Bertz CT molecular complexity index is 1750. The monoisotopic (exact) mass is 690 g/mol. The van der Waals surface area contributed by atoms with Crippen LogP contribution in [0.4, 0.5) is 0 Å². The van der Waals surface area contributed by atoms with E-state index in [4.69, 9.17) is 0 Å². The highest BCUT2D eigenvalue weighted by Crippen LogP contribution is 2.13. The van der Waals surface area contributed by atoms with Crippen LogP contribution in [0.5, 0.6) is 0 Å². The molecule has 49 heavy (non-hydrogen) atoms. The number of fused-ring (bicyclic) bond motifs is 13. The first-order valence-corrected chi connectivity index (χ1v) is 17.9. The highest BCUT2D eigenvalue weighted by Gasteiger charge is 2.29. The zero-order chi connectivity index (χ0) is 34.8. The van der Waals surface area contributed by atoms with Crippen LogP contribution in [0.3, 0.4) is 0 Å². The maximum Gasteiger partial charge on any atom is 0.326 e. The summed E-state index contributed by atoms with van der Waals surface area (Å²) in [5, 5.41) is 18.5. The Morgan fingerprint density at radius 2 is 1.24 bits per heavy atom. The Morgan fingerprint density at radius 3 is 1.78 bits per heavy atom. The molecule has 6 rings (SSSR count). The Hall–Kier alpha value is -4.63. The minimum atomic E-state index is -4.03. The molecule has 1 unspecified atom stereocenters. The lowest BCUT2D eigenvalue weighted by Crippen LogP contribution is -2.53. The van der Waals surface area contributed by atoms with E-state index in [0.717, 1.165) is 11.1 Å². The van der Waals surface area contributed by atoms with E-state index in [9.17, 15) is 32.7 Å². The molecule has 0 radical (unpaired) electrons. The molecule has 13 nitrogen and oxygen atoms in total. The van der Waals surface area contributed by atoms with Crippen LogP contribution >= 0.6 is 0 Å². The molecule has 6 bridgehead atoms. The maximum atomic E-state index is 13.7. The smallest absolute Gasteiger partial charge is 0.326 e. The van der Waals surface area contributed by atoms with Crippen LogP contribution in [-0.4, -0.2) is 98.4 Å². The number of nitrogens with one attached hydrogen (secondary N) is 4. The largest absolute Gasteiger partial charge is 0.480 e. The number of rotatable bonds is 5. The van der Waals surface area contributed by atoms with E-state index < -0.39 is 34.0 Å². The van der Waals surface area contributed by atoms with Crippen molar-refractivity contribution in [1.82, 2.24) is 30.5 Å². The quantitative estimate of drug-likeness (QED) is 0.254. The molecule has 260 valence electrons. The molecule has 3 amide bonds. The first-order valence-electron chi connectivity index (χ1n) is 16.2. The third-order valence-electron chi connectivity index (χ3n) is 8.49. The molecule has 14 heteroatoms. The number of piperazine rings is 1. The summed E-state index contributed by atoms with van der Waals surface area (Å²) in [6.45, 7) is 3.49. The van der Waals surface area contributed by atoms with Crippen molar-refractivity contribution in [2.45, 2.75) is 43.8 Å². The van der Waals surface area contributed by atoms with Gasteiger partial charge in [0.15, 0.2) is 0 Å². The van der Waals surface area contributed by atoms with E-state index >= 15 is 0 Å². The van der Waals surface area contributed by atoms with Crippen LogP contribution in [0, 0.1) is 0 Å². The number of sulfonamides is 1. The van der Waals surface area contributed by atoms with Gasteiger partial charge < -0.3 is 21.1 Å². The summed E-state index contributed by atoms with van der Waals surface area (Å²) < 4.78 is 29.1. The van der Waals surface area contributed by atoms with Crippen LogP contribution in [0.25, 0.3) is 0 Å². The number of carbonyl (C=O) groups excluding carboxylic acids is 3. The van der Waals surface area contributed by atoms with E-state index in [1.54, 1.807) is 66.7 Å². The third-order valence-corrected chi connectivity index (χ3v) is 9.85. The summed E-state index contributed by atoms with van der Waals surface area (Å²) in [4.78, 5) is 55.6. The van der Waals surface area contributed by atoms with Crippen LogP contribution in [0.1, 0.15) is 27.8 Å². The van der Waals surface area contributed by atoms with Crippen LogP contribution in [-0.2, 0) is 60.9 Å². The molecule has 0 aliphatic carbocycles. The topological polar surface area (TPSA) is 177 Å². The van der Waals surface area contributed by atoms with Crippen molar-refractivity contribution in [1.29, 1.82) is 0 Å². The van der Waals surface area contributed by atoms with Crippen LogP contribution in [0.15, 0.2) is 78.9 Å². The zero-order valence-electron chi connectivity index (χ0n) is 27.1. The van der Waals surface area contributed by atoms with Crippen molar-refractivity contribution in [3.05, 3.63) is 107 Å². The van der Waals surface area contributed by atoms with Gasteiger partial charge in [0.1, 0.15) is 12.1 Å². The lowest BCUT2D eigenvalue weighted by Gasteiger charge is -2.33. The average Bonchev–Trinajstić information content (AvgIpc) is 3.07. The van der Waals surface area contributed by atoms with E-state index in [2.05, 4.69) is 20.7 Å². The summed E-state index contributed by atoms with van der Waals surface area (Å²) in [7, 11) is -4.03. The minimum absolute atomic E-state index is 0.0621. The number of carboxylic acids is 1. The Morgan fingerprint density at radius 1 is 0.735 bits per heavy atom. The Kier molecular flexibility index (Phi) is 12.1. The van der Waals surface area contributed by atoms with E-state index in [1.807, 2.05) is 21.9 Å². The zero-order valence-corrected chi connectivity index (χ0v) is 28.0. The number of carboxylic acid groups (broad SMARTS) is 1. The van der Waals surface area contributed by atoms with Gasteiger partial charge in [-0.05, 0) is 34.2 Å². The Balaban J connectivity index is 1.40. The van der Waals surface area contributed by atoms with Gasteiger partial charge in [-0.2, -0.15) is 0 Å². The van der Waals surface area contributed by atoms with Gasteiger partial charge in [-0.15, -0.1) is 0 Å². The third kappa shape index (κ3) is 11.2. The highest BCUT2D eigenvalue weighted by atomic mass is 32.2. The lowest BCUT2D eigenvalue weighted by molar-refractivity contribution is -0.142. The van der Waals surface area contributed by atoms with Crippen molar-refractivity contribution in [2.24, 2.45) is 0 Å². The molecule has 2 atom stereocenters. The van der Waals surface area contributed by atoms with Crippen molar-refractivity contribution >= 4 is 33.7 Å². The van der Waals surface area contributed by atoms with Gasteiger partial charge in [-0.25, -0.2) is 17.9 Å². The second-order valence-electron chi connectivity index (χ2n) is 12.5. The summed E-state index contributed by atoms with van der Waals surface area (Å²) in [6, 6.07) is 20.0. The molecule has 0 spiro atoms. The summed E-state index contributed by atoms with van der Waals surface area (Å²) in [5.74, 6) is -2.75. The molecule has 0 aromatic heterocycles. The van der Waals surface area contributed by atoms with Gasteiger partial charge >= 0.3 is 5.97 Å². The number of hydrogen-bond donors (Lipinski definition) is 5. The average molecular weight is 691 g/mol. The van der Waals surface area contributed by atoms with Crippen molar-refractivity contribution in [2.75, 3.05) is 39.3 Å². The van der Waals surface area contributed by atoms with E-state index in [0.29, 0.717) is 42.9 Å². The van der Waals surface area contributed by atoms with Crippen LogP contribution < -0.4 is 20.7 Å². The fourth-order valence-electron chi connectivity index (χ4n) is 5.94. The number of nitrogens with zero attached hydrogens (tertiary/aromatic N) is 2. The van der Waals surface area contributed by atoms with Gasteiger partial charge in [-0.3, -0.25) is 24.2 Å². The van der Waals surface area contributed by atoms with Crippen molar-refractivity contribution < 1.29 is 32.7 Å². The molecule has 0 saturated carbocycles. The van der Waals surface area contributed by atoms with E-state index in [-0.39, 0.29) is 56.6 Å². The number of benzene rings is 3. The molecule has 3 aromatic carbocycles. The second-order valence-corrected chi connectivity index (χ2v) is 14.2. The van der Waals surface area contributed by atoms with Crippen LogP contribution in [0.2, 0.25) is 0 Å². The fraction of sp³-hybridized carbons (Fsp3) is 0.371. The summed E-state index contributed by atoms with van der Waals surface area (Å²) in [6.07, 6.45) is -0.126. The number of aliphatic carboxylic acids is 1. The lowest BCUT2D eigenvalue weighted by atomic mass is 10.0. The van der Waals surface area contributed by atoms with Gasteiger partial charge in [0.25, 0.3) is 0 Å². The molecule has 1 fully saturated rings. The summed E-state index contributed by atoms with van der Waals surface area (Å²) in [5.41, 5.74) is 3.30. The predicted molar refractivity (Wildman–Crippen MR) is 182 cm³/mol. The SMILES string of the molecule is O=C1CN2CCN(CC2)CC(=O)NCc2cccc(c2)C[C@@H](C(=O)O)NC(=O)C(NS(=O)(=O)Cc2ccccc2)Cc2cccc(c2)CN1. The number of amides is 3. The van der Waals surface area contributed by atoms with Gasteiger partial charge in [-0.1, -0.05) is 78.9 Å². The molecule has 3 aliphatic heterocycles. The predicted octanol–water partition coefficient (Wildman–Crippen LogP) is 0.393. The van der Waals surface area contributed by atoms with Gasteiger partial charge in [0.2, 0.25) is 27.7 Å². The van der Waals surface area contributed by atoms with Crippen molar-refractivity contribution in [3.8, 4) is 0 Å². The molecule has 3 heterocycles. The van der Waals surface area contributed by atoms with Gasteiger partial charge in [0, 0.05) is 45.7 Å². The fourth-order valence-corrected chi connectivity index (χ4v) is 7.28. The van der Waals surface area contributed by atoms with E-state index in [1.165, 1.54) is 0 Å². The Labute approximate surface area is 286 Å².